The van der Waals surface area contributed by atoms with Crippen LogP contribution in [0.4, 0.5) is 0 Å². The zero-order chi connectivity index (χ0) is 55.7. The predicted octanol–water partition coefficient (Wildman–Crippen LogP) is 21.8. The van der Waals surface area contributed by atoms with Gasteiger partial charge in [0, 0.05) is 19.3 Å². The van der Waals surface area contributed by atoms with Crippen molar-refractivity contribution in [1.29, 1.82) is 0 Å². The van der Waals surface area contributed by atoms with Crippen LogP contribution in [-0.4, -0.2) is 37.2 Å². The summed E-state index contributed by atoms with van der Waals surface area (Å²) in [6.45, 7) is 6.44. The molecule has 6 heteroatoms. The van der Waals surface area contributed by atoms with Crippen molar-refractivity contribution >= 4 is 17.9 Å². The van der Waals surface area contributed by atoms with Crippen LogP contribution >= 0.6 is 0 Å². The van der Waals surface area contributed by atoms with Crippen LogP contribution in [-0.2, 0) is 28.6 Å². The largest absolute Gasteiger partial charge is 0.462 e. The van der Waals surface area contributed by atoms with E-state index in [1.807, 2.05) is 0 Å². The fourth-order valence-corrected chi connectivity index (χ4v) is 8.36. The van der Waals surface area contributed by atoms with Crippen LogP contribution < -0.4 is 0 Å². The van der Waals surface area contributed by atoms with Gasteiger partial charge in [-0.25, -0.2) is 0 Å². The van der Waals surface area contributed by atoms with Crippen molar-refractivity contribution in [2.24, 2.45) is 0 Å². The molecule has 0 aliphatic carbocycles. The van der Waals surface area contributed by atoms with Crippen LogP contribution in [0.15, 0.2) is 134 Å². The molecule has 0 heterocycles. The predicted molar refractivity (Wildman–Crippen MR) is 334 cm³/mol. The first-order chi connectivity index (χ1) is 38.0. The maximum Gasteiger partial charge on any atom is 0.306 e. The van der Waals surface area contributed by atoms with Gasteiger partial charge in [0.05, 0.1) is 0 Å². The fraction of sp³-hybridized carbons (Fsp3) is 0.648. The van der Waals surface area contributed by atoms with E-state index < -0.39 is 6.10 Å². The summed E-state index contributed by atoms with van der Waals surface area (Å²) in [6.07, 6.45) is 90.2. The van der Waals surface area contributed by atoms with E-state index in [0.29, 0.717) is 19.3 Å². The Morgan fingerprint density at radius 3 is 0.844 bits per heavy atom. The molecule has 0 bridgehead atoms. The van der Waals surface area contributed by atoms with Crippen molar-refractivity contribution in [3.05, 3.63) is 134 Å². The second-order valence-electron chi connectivity index (χ2n) is 20.6. The van der Waals surface area contributed by atoms with Crippen molar-refractivity contribution < 1.29 is 28.6 Å². The lowest BCUT2D eigenvalue weighted by Crippen LogP contribution is -2.30. The number of unbranched alkanes of at least 4 members (excludes halogenated alkanes) is 23. The van der Waals surface area contributed by atoms with Gasteiger partial charge in [-0.05, 0) is 141 Å². The first-order valence-electron chi connectivity index (χ1n) is 31.7. The Morgan fingerprint density at radius 1 is 0.273 bits per heavy atom. The minimum Gasteiger partial charge on any atom is -0.462 e. The van der Waals surface area contributed by atoms with Gasteiger partial charge in [-0.2, -0.15) is 0 Å². The Balaban J connectivity index is 4.49. The minimum absolute atomic E-state index is 0.108. The summed E-state index contributed by atoms with van der Waals surface area (Å²) < 4.78 is 16.9. The lowest BCUT2D eigenvalue weighted by molar-refractivity contribution is -0.167. The van der Waals surface area contributed by atoms with E-state index in [1.165, 1.54) is 96.3 Å². The smallest absolute Gasteiger partial charge is 0.306 e. The SMILES string of the molecule is CC/C=C\C/C=C\C/C=C\C/C=C\C/C=C\C/C=C\CCCCC(=O)OC(COC(=O)CCCCCCC/C=C\C/C=C\CCCCC)COC(=O)CCCCCCCCCC/C=C\C/C=C\C/C=C\CCCCCCC. The molecule has 1 atom stereocenters. The van der Waals surface area contributed by atoms with Crippen LogP contribution in [0.2, 0.25) is 0 Å². The highest BCUT2D eigenvalue weighted by Crippen LogP contribution is 2.14. The summed E-state index contributed by atoms with van der Waals surface area (Å²) in [4.78, 5) is 38.3. The van der Waals surface area contributed by atoms with Crippen molar-refractivity contribution in [2.75, 3.05) is 13.2 Å². The first-order valence-corrected chi connectivity index (χ1v) is 31.7. The molecule has 0 amide bonds. The second-order valence-corrected chi connectivity index (χ2v) is 20.6. The molecule has 0 saturated carbocycles. The van der Waals surface area contributed by atoms with Gasteiger partial charge in [0.2, 0.25) is 0 Å². The lowest BCUT2D eigenvalue weighted by atomic mass is 10.1. The Kier molecular flexibility index (Phi) is 60.4. The number of hydrogen-bond donors (Lipinski definition) is 0. The maximum atomic E-state index is 12.9. The molecule has 0 spiro atoms. The first kappa shape index (κ1) is 72.5. The molecule has 0 aliphatic heterocycles. The highest BCUT2D eigenvalue weighted by atomic mass is 16.6. The average molecular weight is 1070 g/mol. The molecule has 0 aromatic heterocycles. The molecule has 0 rings (SSSR count). The summed E-state index contributed by atoms with van der Waals surface area (Å²) >= 11 is 0. The van der Waals surface area contributed by atoms with Gasteiger partial charge in [-0.3, -0.25) is 14.4 Å². The molecule has 436 valence electrons. The maximum absolute atomic E-state index is 12.9. The number of allylic oxidation sites excluding steroid dienone is 22. The number of ether oxygens (including phenoxy) is 3. The van der Waals surface area contributed by atoms with E-state index >= 15 is 0 Å². The summed E-state index contributed by atoms with van der Waals surface area (Å²) in [5.41, 5.74) is 0. The summed E-state index contributed by atoms with van der Waals surface area (Å²) in [6, 6.07) is 0. The summed E-state index contributed by atoms with van der Waals surface area (Å²) in [5, 5.41) is 0. The van der Waals surface area contributed by atoms with Gasteiger partial charge >= 0.3 is 17.9 Å². The molecule has 0 fully saturated rings. The van der Waals surface area contributed by atoms with Gasteiger partial charge in [0.25, 0.3) is 0 Å². The van der Waals surface area contributed by atoms with Crippen LogP contribution in [0.5, 0.6) is 0 Å². The van der Waals surface area contributed by atoms with Crippen molar-refractivity contribution in [1.82, 2.24) is 0 Å². The quantitative estimate of drug-likeness (QED) is 0.0261. The molecule has 0 saturated heterocycles. The van der Waals surface area contributed by atoms with Crippen LogP contribution in [0.25, 0.3) is 0 Å². The van der Waals surface area contributed by atoms with Gasteiger partial charge in [-0.15, -0.1) is 0 Å². The highest BCUT2D eigenvalue weighted by molar-refractivity contribution is 5.71. The van der Waals surface area contributed by atoms with Crippen LogP contribution in [0, 0.1) is 0 Å². The lowest BCUT2D eigenvalue weighted by Gasteiger charge is -2.18. The third-order valence-electron chi connectivity index (χ3n) is 13.1. The van der Waals surface area contributed by atoms with Crippen molar-refractivity contribution in [3.8, 4) is 0 Å². The molecule has 0 aromatic rings. The Labute approximate surface area is 475 Å². The number of carbonyl (C=O) groups excluding carboxylic acids is 3. The summed E-state index contributed by atoms with van der Waals surface area (Å²) in [7, 11) is 0. The molecular formula is C71H116O6. The molecule has 0 aromatic carbocycles. The zero-order valence-electron chi connectivity index (χ0n) is 49.9. The van der Waals surface area contributed by atoms with E-state index in [9.17, 15) is 14.4 Å². The Bertz CT molecular complexity index is 1650. The van der Waals surface area contributed by atoms with E-state index in [-0.39, 0.29) is 37.5 Å². The highest BCUT2D eigenvalue weighted by Gasteiger charge is 2.19. The molecule has 1 unspecified atom stereocenters. The molecular weight excluding hydrogens is 949 g/mol. The van der Waals surface area contributed by atoms with Crippen LogP contribution in [0.1, 0.15) is 278 Å². The molecule has 0 N–H and O–H groups in total. The van der Waals surface area contributed by atoms with E-state index in [2.05, 4.69) is 154 Å². The Hall–Kier alpha value is -4.45. The number of rotatable bonds is 56. The van der Waals surface area contributed by atoms with E-state index in [4.69, 9.17) is 14.2 Å². The van der Waals surface area contributed by atoms with E-state index in [0.717, 1.165) is 135 Å². The van der Waals surface area contributed by atoms with E-state index in [1.54, 1.807) is 0 Å². The monoisotopic (exact) mass is 1060 g/mol. The topological polar surface area (TPSA) is 78.9 Å². The number of carbonyl (C=O) groups is 3. The third kappa shape index (κ3) is 62.3. The van der Waals surface area contributed by atoms with Gasteiger partial charge in [-0.1, -0.05) is 251 Å². The van der Waals surface area contributed by atoms with Gasteiger partial charge < -0.3 is 14.2 Å². The molecule has 6 nitrogen and oxygen atoms in total. The standard InChI is InChI=1S/C71H116O6/c1-4-7-10-13-16-19-22-25-28-30-32-34-35-37-38-40-43-46-49-52-55-58-61-64-70(73)76-67-68(66-75-69(72)63-60-57-54-51-48-45-42-27-24-21-18-15-12-9-6-3)77-71(74)65-62-59-56-53-50-47-44-41-39-36-33-31-29-26-23-20-17-14-11-8-5-2/h8,11,17-18,20-22,25-27,29-30,32-33,35-37,41-42,44,50,53,68H,4-7,9-10,12-16,19,23-24,28,31,34,38-40,43,45-49,51-52,54-67H2,1-3H3/b11-8-,20-17-,21-18-,25-22-,29-26-,32-30-,36-33-,37-35-,42-27-,44-41-,53-50-. The van der Waals surface area contributed by atoms with Crippen LogP contribution in [0.3, 0.4) is 0 Å². The summed E-state index contributed by atoms with van der Waals surface area (Å²) in [5.74, 6) is -0.972. The normalized spacial score (nSPS) is 13.0. The van der Waals surface area contributed by atoms with Crippen molar-refractivity contribution in [3.63, 3.8) is 0 Å². The zero-order valence-corrected chi connectivity index (χ0v) is 49.9. The minimum atomic E-state index is -0.817. The average Bonchev–Trinajstić information content (AvgIpc) is 3.43. The molecule has 0 radical (unpaired) electrons. The van der Waals surface area contributed by atoms with Crippen molar-refractivity contribution in [2.45, 2.75) is 284 Å². The fourth-order valence-electron chi connectivity index (χ4n) is 8.36. The Morgan fingerprint density at radius 2 is 0.506 bits per heavy atom. The number of esters is 3. The third-order valence-corrected chi connectivity index (χ3v) is 13.1. The molecule has 77 heavy (non-hydrogen) atoms. The molecule has 0 aliphatic rings. The van der Waals surface area contributed by atoms with Gasteiger partial charge in [0.1, 0.15) is 13.2 Å². The number of hydrogen-bond acceptors (Lipinski definition) is 6. The second kappa shape index (κ2) is 64.1. The van der Waals surface area contributed by atoms with Gasteiger partial charge in [0.15, 0.2) is 6.10 Å².